The van der Waals surface area contributed by atoms with Gasteiger partial charge in [0.2, 0.25) is 5.91 Å². The van der Waals surface area contributed by atoms with Gasteiger partial charge >= 0.3 is 0 Å². The first-order chi connectivity index (χ1) is 8.03. The number of benzene rings is 1. The zero-order valence-electron chi connectivity index (χ0n) is 8.79. The Hall–Kier alpha value is -1.69. The number of rotatable bonds is 1. The fourth-order valence-electron chi connectivity index (χ4n) is 1.90. The van der Waals surface area contributed by atoms with E-state index in [-0.39, 0.29) is 16.4 Å². The second-order valence-corrected chi connectivity index (χ2v) is 5.94. The lowest BCUT2D eigenvalue weighted by Crippen LogP contribution is -2.37. The van der Waals surface area contributed by atoms with Crippen LogP contribution in [0.2, 0.25) is 0 Å². The van der Waals surface area contributed by atoms with Gasteiger partial charge in [0.15, 0.2) is 0 Å². The van der Waals surface area contributed by atoms with E-state index < -0.39 is 21.8 Å². The van der Waals surface area contributed by atoms with Crippen LogP contribution in [0.25, 0.3) is 0 Å². The van der Waals surface area contributed by atoms with Gasteiger partial charge in [-0.15, -0.1) is 0 Å². The largest absolute Gasteiger partial charge is 0.276 e. The van der Waals surface area contributed by atoms with Gasteiger partial charge in [0.25, 0.3) is 15.9 Å². The minimum absolute atomic E-state index is 0.0704. The number of sulfonamides is 1. The molecular weight excluding hydrogens is 242 g/mol. The minimum Gasteiger partial charge on any atom is -0.273 e. The van der Waals surface area contributed by atoms with Crippen LogP contribution in [0.1, 0.15) is 23.2 Å². The summed E-state index contributed by atoms with van der Waals surface area (Å²) < 4.78 is 24.5. The summed E-state index contributed by atoms with van der Waals surface area (Å²) in [6.07, 6.45) is 1.32. The maximum atomic E-state index is 12.1. The molecule has 1 aromatic carbocycles. The Morgan fingerprint density at radius 2 is 1.88 bits per heavy atom. The van der Waals surface area contributed by atoms with Gasteiger partial charge in [-0.1, -0.05) is 12.1 Å². The van der Waals surface area contributed by atoms with E-state index in [1.54, 1.807) is 6.07 Å². The Morgan fingerprint density at radius 3 is 2.47 bits per heavy atom. The molecule has 0 saturated heterocycles. The van der Waals surface area contributed by atoms with E-state index >= 15 is 0 Å². The van der Waals surface area contributed by atoms with E-state index in [0.717, 1.165) is 0 Å². The lowest BCUT2D eigenvalue weighted by atomic mass is 10.2. The Bertz CT molecular complexity index is 631. The zero-order valence-corrected chi connectivity index (χ0v) is 9.61. The SMILES string of the molecule is O=C1c2ccccc2S(=O)(=O)N1C(=O)C1CC1. The minimum atomic E-state index is -3.97. The molecule has 0 N–H and O–H groups in total. The summed E-state index contributed by atoms with van der Waals surface area (Å²) in [6, 6.07) is 5.89. The van der Waals surface area contributed by atoms with Crippen LogP contribution < -0.4 is 0 Å². The van der Waals surface area contributed by atoms with E-state index in [4.69, 9.17) is 0 Å². The van der Waals surface area contributed by atoms with Crippen LogP contribution in [0.5, 0.6) is 0 Å². The standard InChI is InChI=1S/C11H9NO4S/c13-10(7-5-6-7)12-11(14)8-3-1-2-4-9(8)17(12,15)16/h1-4,7H,5-6H2. The van der Waals surface area contributed by atoms with Crippen molar-refractivity contribution in [1.29, 1.82) is 0 Å². The van der Waals surface area contributed by atoms with Gasteiger partial charge in [-0.25, -0.2) is 8.42 Å². The summed E-state index contributed by atoms with van der Waals surface area (Å²) >= 11 is 0. The predicted molar refractivity (Wildman–Crippen MR) is 57.5 cm³/mol. The molecule has 0 radical (unpaired) electrons. The Kier molecular flexibility index (Phi) is 1.95. The molecule has 1 aliphatic carbocycles. The molecule has 5 nitrogen and oxygen atoms in total. The highest BCUT2D eigenvalue weighted by molar-refractivity contribution is 7.90. The van der Waals surface area contributed by atoms with Crippen LogP contribution in [0.3, 0.4) is 0 Å². The molecule has 0 aromatic heterocycles. The van der Waals surface area contributed by atoms with Crippen LogP contribution in [0.4, 0.5) is 0 Å². The van der Waals surface area contributed by atoms with Crippen LogP contribution >= 0.6 is 0 Å². The Labute approximate surface area is 98.1 Å². The zero-order chi connectivity index (χ0) is 12.2. The number of amides is 2. The van der Waals surface area contributed by atoms with Gasteiger partial charge < -0.3 is 0 Å². The third-order valence-corrected chi connectivity index (χ3v) is 4.69. The molecule has 6 heteroatoms. The van der Waals surface area contributed by atoms with Crippen LogP contribution in [-0.4, -0.2) is 24.5 Å². The summed E-state index contributed by atoms with van der Waals surface area (Å²) in [5.74, 6) is -1.62. The van der Waals surface area contributed by atoms with Crippen LogP contribution in [-0.2, 0) is 14.8 Å². The van der Waals surface area contributed by atoms with Crippen LogP contribution in [0, 0.1) is 5.92 Å². The van der Waals surface area contributed by atoms with Gasteiger partial charge in [0.1, 0.15) is 4.90 Å². The maximum Gasteiger partial charge on any atom is 0.276 e. The topological polar surface area (TPSA) is 71.5 Å². The molecule has 1 heterocycles. The third kappa shape index (κ3) is 1.33. The number of fused-ring (bicyclic) bond motifs is 1. The number of hydrogen-bond donors (Lipinski definition) is 0. The summed E-state index contributed by atoms with van der Waals surface area (Å²) in [6.45, 7) is 0. The number of carbonyl (C=O) groups is 2. The van der Waals surface area contributed by atoms with Gasteiger partial charge in [-0.3, -0.25) is 9.59 Å². The average molecular weight is 251 g/mol. The molecule has 17 heavy (non-hydrogen) atoms. The van der Waals surface area contributed by atoms with Gasteiger partial charge in [0, 0.05) is 5.92 Å². The fraction of sp³-hybridized carbons (Fsp3) is 0.273. The quantitative estimate of drug-likeness (QED) is 0.691. The molecule has 2 aliphatic rings. The summed E-state index contributed by atoms with van der Waals surface area (Å²) in [4.78, 5) is 23.7. The van der Waals surface area contributed by atoms with Gasteiger partial charge in [0.05, 0.1) is 5.56 Å². The molecule has 1 aliphatic heterocycles. The summed E-state index contributed by atoms with van der Waals surface area (Å²) in [7, 11) is -3.97. The molecule has 0 unspecified atom stereocenters. The first kappa shape index (κ1) is 10.5. The highest BCUT2D eigenvalue weighted by Gasteiger charge is 2.49. The number of hydrogen-bond acceptors (Lipinski definition) is 4. The molecule has 1 saturated carbocycles. The molecule has 2 amide bonds. The fourth-order valence-corrected chi connectivity index (χ4v) is 3.48. The highest BCUT2D eigenvalue weighted by atomic mass is 32.2. The van der Waals surface area contributed by atoms with Crippen molar-refractivity contribution in [3.63, 3.8) is 0 Å². The van der Waals surface area contributed by atoms with Crippen molar-refractivity contribution in [2.75, 3.05) is 0 Å². The van der Waals surface area contributed by atoms with Crippen molar-refractivity contribution in [2.45, 2.75) is 17.7 Å². The average Bonchev–Trinajstić information content (AvgIpc) is 3.09. The van der Waals surface area contributed by atoms with Crippen molar-refractivity contribution in [3.8, 4) is 0 Å². The molecule has 0 spiro atoms. The van der Waals surface area contributed by atoms with Crippen LogP contribution in [0.15, 0.2) is 29.2 Å². The van der Waals surface area contributed by atoms with E-state index in [1.807, 2.05) is 0 Å². The molecule has 1 fully saturated rings. The molecule has 1 aromatic rings. The number of imide groups is 1. The normalized spacial score (nSPS) is 21.4. The number of carbonyl (C=O) groups excluding carboxylic acids is 2. The summed E-state index contributed by atoms with van der Waals surface area (Å²) in [5.41, 5.74) is 0.0847. The Balaban J connectivity index is 2.16. The highest BCUT2D eigenvalue weighted by Crippen LogP contribution is 2.37. The monoisotopic (exact) mass is 251 g/mol. The lowest BCUT2D eigenvalue weighted by Gasteiger charge is -2.11. The molecule has 3 rings (SSSR count). The second kappa shape index (κ2) is 3.16. The smallest absolute Gasteiger partial charge is 0.273 e. The maximum absolute atomic E-state index is 12.1. The van der Waals surface area contributed by atoms with Crippen molar-refractivity contribution >= 4 is 21.8 Å². The molecule has 0 bridgehead atoms. The molecule has 0 atom stereocenters. The van der Waals surface area contributed by atoms with Crippen molar-refractivity contribution in [1.82, 2.24) is 4.31 Å². The van der Waals surface area contributed by atoms with E-state index in [1.165, 1.54) is 18.2 Å². The van der Waals surface area contributed by atoms with Gasteiger partial charge in [-0.05, 0) is 25.0 Å². The van der Waals surface area contributed by atoms with E-state index in [0.29, 0.717) is 17.1 Å². The lowest BCUT2D eigenvalue weighted by molar-refractivity contribution is -0.125. The van der Waals surface area contributed by atoms with Crippen molar-refractivity contribution in [3.05, 3.63) is 29.8 Å². The number of nitrogens with zero attached hydrogens (tertiary/aromatic N) is 1. The van der Waals surface area contributed by atoms with Crippen molar-refractivity contribution in [2.24, 2.45) is 5.92 Å². The van der Waals surface area contributed by atoms with Crippen molar-refractivity contribution < 1.29 is 18.0 Å². The third-order valence-electron chi connectivity index (χ3n) is 2.95. The molecular formula is C11H9NO4S. The first-order valence-corrected chi connectivity index (χ1v) is 6.70. The van der Waals surface area contributed by atoms with E-state index in [2.05, 4.69) is 0 Å². The summed E-state index contributed by atoms with van der Waals surface area (Å²) in [5, 5.41) is 0. The predicted octanol–water partition coefficient (Wildman–Crippen LogP) is 0.768. The molecule has 88 valence electrons. The Morgan fingerprint density at radius 1 is 1.24 bits per heavy atom. The second-order valence-electron chi connectivity index (χ2n) is 4.18. The van der Waals surface area contributed by atoms with E-state index in [9.17, 15) is 18.0 Å². The van der Waals surface area contributed by atoms with Gasteiger partial charge in [-0.2, -0.15) is 4.31 Å². The first-order valence-electron chi connectivity index (χ1n) is 5.26.